The Kier molecular flexibility index (Phi) is 3.96. The fourth-order valence-corrected chi connectivity index (χ4v) is 2.05. The highest BCUT2D eigenvalue weighted by Gasteiger charge is 2.42. The van der Waals surface area contributed by atoms with Gasteiger partial charge in [-0.2, -0.15) is 0 Å². The average molecular weight is 198 g/mol. The quantitative estimate of drug-likeness (QED) is 0.708. The third-order valence-corrected chi connectivity index (χ3v) is 3.78. The van der Waals surface area contributed by atoms with Crippen LogP contribution in [0.15, 0.2) is 0 Å². The van der Waals surface area contributed by atoms with E-state index in [4.69, 9.17) is 5.73 Å². The van der Waals surface area contributed by atoms with Crippen LogP contribution in [-0.4, -0.2) is 30.6 Å². The molecule has 0 saturated heterocycles. The van der Waals surface area contributed by atoms with Crippen molar-refractivity contribution in [3.63, 3.8) is 0 Å². The Morgan fingerprint density at radius 2 is 2.00 bits per heavy atom. The Morgan fingerprint density at radius 1 is 1.43 bits per heavy atom. The Morgan fingerprint density at radius 3 is 2.36 bits per heavy atom. The molecule has 1 rings (SSSR count). The van der Waals surface area contributed by atoms with Crippen molar-refractivity contribution in [2.45, 2.75) is 45.6 Å². The van der Waals surface area contributed by atoms with Crippen LogP contribution in [0.25, 0.3) is 0 Å². The van der Waals surface area contributed by atoms with E-state index in [1.807, 2.05) is 0 Å². The first-order valence-electron chi connectivity index (χ1n) is 5.92. The summed E-state index contributed by atoms with van der Waals surface area (Å²) in [6.07, 6.45) is 4.03. The standard InChI is InChI=1S/C12H26N2/c1-10(2)7-8-14(4)12(3,9-13)11-5-6-11/h10-11H,5-9,13H2,1-4H3. The second-order valence-electron chi connectivity index (χ2n) is 5.44. The molecular formula is C12H26N2. The zero-order valence-electron chi connectivity index (χ0n) is 10.2. The van der Waals surface area contributed by atoms with Crippen molar-refractivity contribution in [2.24, 2.45) is 17.6 Å². The van der Waals surface area contributed by atoms with Gasteiger partial charge in [-0.3, -0.25) is 4.90 Å². The number of hydrogen-bond acceptors (Lipinski definition) is 2. The van der Waals surface area contributed by atoms with Crippen LogP contribution in [0.4, 0.5) is 0 Å². The third-order valence-electron chi connectivity index (χ3n) is 3.78. The van der Waals surface area contributed by atoms with Gasteiger partial charge in [-0.05, 0) is 51.6 Å². The lowest BCUT2D eigenvalue weighted by Crippen LogP contribution is -2.51. The van der Waals surface area contributed by atoms with E-state index in [0.29, 0.717) is 0 Å². The molecule has 0 spiro atoms. The maximum Gasteiger partial charge on any atom is 0.0328 e. The van der Waals surface area contributed by atoms with Crippen molar-refractivity contribution < 1.29 is 0 Å². The third kappa shape index (κ3) is 2.71. The van der Waals surface area contributed by atoms with Gasteiger partial charge in [-0.25, -0.2) is 0 Å². The van der Waals surface area contributed by atoms with Crippen molar-refractivity contribution in [3.8, 4) is 0 Å². The molecule has 2 heteroatoms. The molecule has 1 fully saturated rings. The topological polar surface area (TPSA) is 29.3 Å². The lowest BCUT2D eigenvalue weighted by molar-refractivity contribution is 0.114. The highest BCUT2D eigenvalue weighted by atomic mass is 15.2. The van der Waals surface area contributed by atoms with Gasteiger partial charge in [0.1, 0.15) is 0 Å². The van der Waals surface area contributed by atoms with Crippen molar-refractivity contribution in [1.82, 2.24) is 4.90 Å². The molecule has 2 nitrogen and oxygen atoms in total. The molecular weight excluding hydrogens is 172 g/mol. The fourth-order valence-electron chi connectivity index (χ4n) is 2.05. The smallest absolute Gasteiger partial charge is 0.0328 e. The van der Waals surface area contributed by atoms with E-state index < -0.39 is 0 Å². The summed E-state index contributed by atoms with van der Waals surface area (Å²) in [5.74, 6) is 1.64. The highest BCUT2D eigenvalue weighted by molar-refractivity contribution is 4.99. The molecule has 0 heterocycles. The van der Waals surface area contributed by atoms with Gasteiger partial charge in [-0.15, -0.1) is 0 Å². The Hall–Kier alpha value is -0.0800. The van der Waals surface area contributed by atoms with Crippen LogP contribution >= 0.6 is 0 Å². The zero-order valence-corrected chi connectivity index (χ0v) is 10.2. The van der Waals surface area contributed by atoms with Crippen LogP contribution in [-0.2, 0) is 0 Å². The van der Waals surface area contributed by atoms with Gasteiger partial charge >= 0.3 is 0 Å². The van der Waals surface area contributed by atoms with Crippen LogP contribution in [0.5, 0.6) is 0 Å². The minimum absolute atomic E-state index is 0.259. The molecule has 14 heavy (non-hydrogen) atoms. The van der Waals surface area contributed by atoms with Crippen LogP contribution in [0, 0.1) is 11.8 Å². The maximum absolute atomic E-state index is 5.91. The highest BCUT2D eigenvalue weighted by Crippen LogP contribution is 2.42. The van der Waals surface area contributed by atoms with E-state index in [0.717, 1.165) is 18.4 Å². The van der Waals surface area contributed by atoms with Crippen LogP contribution < -0.4 is 5.73 Å². The van der Waals surface area contributed by atoms with E-state index in [-0.39, 0.29) is 5.54 Å². The minimum Gasteiger partial charge on any atom is -0.329 e. The van der Waals surface area contributed by atoms with E-state index in [1.54, 1.807) is 0 Å². The number of nitrogens with zero attached hydrogens (tertiary/aromatic N) is 1. The van der Waals surface area contributed by atoms with Crippen molar-refractivity contribution in [2.75, 3.05) is 20.1 Å². The summed E-state index contributed by atoms with van der Waals surface area (Å²) in [6, 6.07) is 0. The van der Waals surface area contributed by atoms with Gasteiger partial charge in [0.2, 0.25) is 0 Å². The van der Waals surface area contributed by atoms with E-state index >= 15 is 0 Å². The summed E-state index contributed by atoms with van der Waals surface area (Å²) >= 11 is 0. The molecule has 0 radical (unpaired) electrons. The predicted octanol–water partition coefficient (Wildman–Crippen LogP) is 2.09. The molecule has 1 unspecified atom stereocenters. The average Bonchev–Trinajstić information content (AvgIpc) is 2.95. The molecule has 0 aromatic rings. The Labute approximate surface area is 88.8 Å². The predicted molar refractivity (Wildman–Crippen MR) is 62.3 cm³/mol. The molecule has 1 saturated carbocycles. The number of rotatable bonds is 6. The number of likely N-dealkylation sites (N-methyl/N-ethyl adjacent to an activating group) is 1. The van der Waals surface area contributed by atoms with Crippen LogP contribution in [0.3, 0.4) is 0 Å². The van der Waals surface area contributed by atoms with Gasteiger partial charge in [0.15, 0.2) is 0 Å². The monoisotopic (exact) mass is 198 g/mol. The van der Waals surface area contributed by atoms with Gasteiger partial charge in [0.05, 0.1) is 0 Å². The summed E-state index contributed by atoms with van der Waals surface area (Å²) in [5, 5.41) is 0. The van der Waals surface area contributed by atoms with Crippen LogP contribution in [0.1, 0.15) is 40.0 Å². The van der Waals surface area contributed by atoms with E-state index in [2.05, 4.69) is 32.7 Å². The van der Waals surface area contributed by atoms with Crippen molar-refractivity contribution in [3.05, 3.63) is 0 Å². The molecule has 1 aliphatic carbocycles. The molecule has 0 amide bonds. The zero-order chi connectivity index (χ0) is 10.8. The largest absolute Gasteiger partial charge is 0.329 e. The molecule has 2 N–H and O–H groups in total. The van der Waals surface area contributed by atoms with Gasteiger partial charge < -0.3 is 5.73 Å². The lowest BCUT2D eigenvalue weighted by Gasteiger charge is -2.39. The van der Waals surface area contributed by atoms with Gasteiger partial charge in [-0.1, -0.05) is 13.8 Å². The first kappa shape index (κ1) is 12.0. The molecule has 0 bridgehead atoms. The van der Waals surface area contributed by atoms with Crippen molar-refractivity contribution >= 4 is 0 Å². The number of nitrogens with two attached hydrogens (primary N) is 1. The first-order chi connectivity index (χ1) is 6.50. The summed E-state index contributed by atoms with van der Waals surface area (Å²) < 4.78 is 0. The number of hydrogen-bond donors (Lipinski definition) is 1. The van der Waals surface area contributed by atoms with E-state index in [1.165, 1.54) is 25.8 Å². The van der Waals surface area contributed by atoms with Crippen LogP contribution in [0.2, 0.25) is 0 Å². The normalized spacial score (nSPS) is 21.6. The van der Waals surface area contributed by atoms with Crippen molar-refractivity contribution in [1.29, 1.82) is 0 Å². The molecule has 84 valence electrons. The summed E-state index contributed by atoms with van der Waals surface area (Å²) in [5.41, 5.74) is 6.17. The maximum atomic E-state index is 5.91. The Bertz CT molecular complexity index is 175. The second-order valence-corrected chi connectivity index (χ2v) is 5.44. The molecule has 0 aliphatic heterocycles. The summed E-state index contributed by atoms with van der Waals surface area (Å²) in [4.78, 5) is 2.48. The molecule has 1 atom stereocenters. The molecule has 1 aliphatic rings. The SMILES string of the molecule is CC(C)CCN(C)C(C)(CN)C1CC1. The second kappa shape index (κ2) is 4.63. The van der Waals surface area contributed by atoms with Gasteiger partial charge in [0, 0.05) is 12.1 Å². The lowest BCUT2D eigenvalue weighted by atomic mass is 9.93. The first-order valence-corrected chi connectivity index (χ1v) is 5.92. The summed E-state index contributed by atoms with van der Waals surface area (Å²) in [7, 11) is 2.23. The fraction of sp³-hybridized carbons (Fsp3) is 1.00. The molecule has 0 aromatic heterocycles. The Balaban J connectivity index is 2.42. The van der Waals surface area contributed by atoms with Gasteiger partial charge in [0.25, 0.3) is 0 Å². The minimum atomic E-state index is 0.259. The molecule has 0 aromatic carbocycles. The summed E-state index contributed by atoms with van der Waals surface area (Å²) in [6.45, 7) is 8.87. The van der Waals surface area contributed by atoms with E-state index in [9.17, 15) is 0 Å².